The van der Waals surface area contributed by atoms with Gasteiger partial charge in [0.15, 0.2) is 5.75 Å². The lowest BCUT2D eigenvalue weighted by Crippen LogP contribution is -2.13. The van der Waals surface area contributed by atoms with Gasteiger partial charge in [-0.3, -0.25) is 0 Å². The third kappa shape index (κ3) is 6.27. The molecule has 1 saturated carbocycles. The van der Waals surface area contributed by atoms with Gasteiger partial charge in [0.2, 0.25) is 0 Å². The van der Waals surface area contributed by atoms with Crippen molar-refractivity contribution < 1.29 is 14.3 Å². The molecule has 0 unspecified atom stereocenters. The highest BCUT2D eigenvalue weighted by atomic mass is 16.5. The molecule has 0 aliphatic heterocycles. The summed E-state index contributed by atoms with van der Waals surface area (Å²) in [7, 11) is 0. The Kier molecular flexibility index (Phi) is 9.30. The fourth-order valence-electron chi connectivity index (χ4n) is 4.54. The molecule has 2 aromatic rings. The van der Waals surface area contributed by atoms with Gasteiger partial charge in [-0.25, -0.2) is 4.79 Å². The highest BCUT2D eigenvalue weighted by Crippen LogP contribution is 2.37. The zero-order chi connectivity index (χ0) is 24.3. The molecule has 34 heavy (non-hydrogen) atoms. The fraction of sp³-hybridized carbons (Fsp3) is 0.414. The number of ether oxygens (including phenoxy) is 2. The van der Waals surface area contributed by atoms with Crippen LogP contribution in [0.4, 0.5) is 0 Å². The molecule has 0 N–H and O–H groups in total. The highest BCUT2D eigenvalue weighted by molar-refractivity contribution is 5.91. The Labute approximate surface area is 202 Å². The summed E-state index contributed by atoms with van der Waals surface area (Å²) in [5, 5.41) is 19.2. The van der Waals surface area contributed by atoms with Crippen LogP contribution in [0, 0.1) is 28.6 Å². The van der Waals surface area contributed by atoms with Crippen LogP contribution in [0.5, 0.6) is 11.5 Å². The number of carbonyl (C=O) groups excluding carboxylic acids is 1. The van der Waals surface area contributed by atoms with E-state index in [0.717, 1.165) is 44.4 Å². The van der Waals surface area contributed by atoms with E-state index in [9.17, 15) is 15.3 Å². The average molecular weight is 457 g/mol. The lowest BCUT2D eigenvalue weighted by molar-refractivity contribution is 0.0734. The summed E-state index contributed by atoms with van der Waals surface area (Å²) in [5.41, 5.74) is 1.75. The van der Waals surface area contributed by atoms with Gasteiger partial charge in [0.25, 0.3) is 0 Å². The molecule has 2 aromatic carbocycles. The highest BCUT2D eigenvalue weighted by Gasteiger charge is 2.22. The van der Waals surface area contributed by atoms with E-state index in [1.165, 1.54) is 24.5 Å². The normalized spacial score (nSPS) is 17.3. The summed E-state index contributed by atoms with van der Waals surface area (Å²) in [6, 6.07) is 14.6. The summed E-state index contributed by atoms with van der Waals surface area (Å²) >= 11 is 0. The smallest absolute Gasteiger partial charge is 0.343 e. The molecule has 0 aromatic heterocycles. The number of nitriles is 2. The Morgan fingerprint density at radius 3 is 2.26 bits per heavy atom. The second-order valence-electron chi connectivity index (χ2n) is 8.84. The van der Waals surface area contributed by atoms with Crippen LogP contribution in [0.25, 0.3) is 0 Å². The first-order chi connectivity index (χ1) is 16.6. The van der Waals surface area contributed by atoms with Crippen molar-refractivity contribution in [2.45, 2.75) is 64.2 Å². The number of unbranched alkanes of at least 4 members (excludes halogenated alkanes) is 2. The summed E-state index contributed by atoms with van der Waals surface area (Å²) in [6.07, 6.45) is 10.8. The van der Waals surface area contributed by atoms with Crippen molar-refractivity contribution in [1.29, 1.82) is 10.5 Å². The second kappa shape index (κ2) is 12.6. The Balaban J connectivity index is 1.67. The molecule has 5 nitrogen and oxygen atoms in total. The maximum absolute atomic E-state index is 12.8. The largest absolute Gasteiger partial charge is 0.492 e. The van der Waals surface area contributed by atoms with Gasteiger partial charge in [-0.2, -0.15) is 10.5 Å². The molecule has 0 saturated heterocycles. The van der Waals surface area contributed by atoms with Gasteiger partial charge >= 0.3 is 5.97 Å². The number of rotatable bonds is 10. The number of carbonyl (C=O) groups is 1. The van der Waals surface area contributed by atoms with Crippen molar-refractivity contribution in [2.24, 2.45) is 5.92 Å². The molecule has 1 aliphatic rings. The molecular formula is C29H32N2O3. The number of allylic oxidation sites excluding steroid dienone is 1. The molecule has 0 amide bonds. The zero-order valence-corrected chi connectivity index (χ0v) is 19.9. The summed E-state index contributed by atoms with van der Waals surface area (Å²) in [5.74, 6) is 1.10. The van der Waals surface area contributed by atoms with Crippen molar-refractivity contribution in [3.8, 4) is 23.6 Å². The number of nitrogens with zero attached hydrogens (tertiary/aromatic N) is 2. The van der Waals surface area contributed by atoms with Gasteiger partial charge in [0, 0.05) is 0 Å². The molecule has 0 heterocycles. The van der Waals surface area contributed by atoms with E-state index in [1.807, 2.05) is 30.3 Å². The minimum absolute atomic E-state index is 0.0109. The van der Waals surface area contributed by atoms with E-state index in [2.05, 4.69) is 13.5 Å². The third-order valence-corrected chi connectivity index (χ3v) is 6.53. The van der Waals surface area contributed by atoms with Crippen LogP contribution in [0.2, 0.25) is 0 Å². The minimum Gasteiger partial charge on any atom is -0.492 e. The van der Waals surface area contributed by atoms with E-state index in [0.29, 0.717) is 23.8 Å². The van der Waals surface area contributed by atoms with Gasteiger partial charge in [-0.1, -0.05) is 38.0 Å². The molecule has 0 atom stereocenters. The average Bonchev–Trinajstić information content (AvgIpc) is 2.87. The molecule has 1 fully saturated rings. The van der Waals surface area contributed by atoms with Crippen LogP contribution in [0.15, 0.2) is 49.1 Å². The molecule has 0 spiro atoms. The first-order valence-electron chi connectivity index (χ1n) is 12.1. The zero-order valence-electron chi connectivity index (χ0n) is 19.9. The first kappa shape index (κ1) is 25.1. The Bertz CT molecular complexity index is 1070. The maximum atomic E-state index is 12.8. The number of hydrogen-bond acceptors (Lipinski definition) is 5. The van der Waals surface area contributed by atoms with Crippen molar-refractivity contribution in [3.63, 3.8) is 0 Å². The number of esters is 1. The molecule has 3 rings (SSSR count). The number of hydrogen-bond donors (Lipinski definition) is 0. The first-order valence-corrected chi connectivity index (χ1v) is 12.1. The molecule has 0 radical (unpaired) electrons. The van der Waals surface area contributed by atoms with E-state index < -0.39 is 5.97 Å². The third-order valence-electron chi connectivity index (χ3n) is 6.53. The van der Waals surface area contributed by atoms with Gasteiger partial charge < -0.3 is 9.47 Å². The molecule has 1 aliphatic carbocycles. The topological polar surface area (TPSA) is 83.1 Å². The fourth-order valence-corrected chi connectivity index (χ4v) is 4.54. The van der Waals surface area contributed by atoms with Gasteiger partial charge in [-0.05, 0) is 80.2 Å². The summed E-state index contributed by atoms with van der Waals surface area (Å²) < 4.78 is 11.2. The molecular weight excluding hydrogens is 424 g/mol. The summed E-state index contributed by atoms with van der Waals surface area (Å²) in [4.78, 5) is 12.8. The second-order valence-corrected chi connectivity index (χ2v) is 8.84. The Morgan fingerprint density at radius 1 is 1.00 bits per heavy atom. The summed E-state index contributed by atoms with van der Waals surface area (Å²) in [6.45, 7) is 6.41. The van der Waals surface area contributed by atoms with Gasteiger partial charge in [-0.15, -0.1) is 6.58 Å². The van der Waals surface area contributed by atoms with Crippen molar-refractivity contribution in [1.82, 2.24) is 0 Å². The maximum Gasteiger partial charge on any atom is 0.343 e. The van der Waals surface area contributed by atoms with Crippen LogP contribution in [0.1, 0.15) is 91.3 Å². The Morgan fingerprint density at radius 2 is 1.65 bits per heavy atom. The molecule has 5 heteroatoms. The molecule has 0 bridgehead atoms. The standard InChI is InChI=1S/C29H32N2O3/c1-3-5-6-18-33-27-16-17-28(26(20-31)25(27)19-30)34-29(32)24-14-12-23(13-15-24)22-10-8-21(7-4-2)9-11-22/h4,12-17,21-22H,2-3,5-11,18H2,1H3. The molecule has 176 valence electrons. The predicted molar refractivity (Wildman–Crippen MR) is 132 cm³/mol. The quantitative estimate of drug-likeness (QED) is 0.165. The van der Waals surface area contributed by atoms with E-state index in [1.54, 1.807) is 18.2 Å². The van der Waals surface area contributed by atoms with Crippen LogP contribution >= 0.6 is 0 Å². The van der Waals surface area contributed by atoms with E-state index in [-0.39, 0.29) is 16.9 Å². The van der Waals surface area contributed by atoms with Crippen molar-refractivity contribution in [2.75, 3.05) is 6.61 Å². The van der Waals surface area contributed by atoms with Crippen LogP contribution in [0.3, 0.4) is 0 Å². The number of benzene rings is 2. The van der Waals surface area contributed by atoms with Crippen molar-refractivity contribution >= 4 is 5.97 Å². The van der Waals surface area contributed by atoms with Gasteiger partial charge in [0.1, 0.15) is 29.0 Å². The minimum atomic E-state index is -0.557. The predicted octanol–water partition coefficient (Wildman–Crippen LogP) is 7.07. The van der Waals surface area contributed by atoms with E-state index >= 15 is 0 Å². The van der Waals surface area contributed by atoms with Crippen LogP contribution in [-0.2, 0) is 0 Å². The van der Waals surface area contributed by atoms with Gasteiger partial charge in [0.05, 0.1) is 12.2 Å². The SMILES string of the molecule is C=CCC1CCC(c2ccc(C(=O)Oc3ccc(OCCCCC)c(C#N)c3C#N)cc2)CC1. The van der Waals surface area contributed by atoms with Crippen LogP contribution < -0.4 is 9.47 Å². The lowest BCUT2D eigenvalue weighted by Gasteiger charge is -2.28. The lowest BCUT2D eigenvalue weighted by atomic mass is 9.77. The van der Waals surface area contributed by atoms with E-state index in [4.69, 9.17) is 9.47 Å². The Hall–Kier alpha value is -3.57. The van der Waals surface area contributed by atoms with Crippen LogP contribution in [-0.4, -0.2) is 12.6 Å². The monoisotopic (exact) mass is 456 g/mol. The van der Waals surface area contributed by atoms with Crippen molar-refractivity contribution in [3.05, 3.63) is 71.3 Å².